The standard InChI is InChI=1S/C24H27FN4O4/c1-17(30)18-5-7-23(21(25)15-18)27-11-13-28(14-12-27)24(31)20-16-19(29(32)33)6-8-22(20)26-9-3-2-4-10-26/h5-8,15-16H,2-4,9-14H2,1H3. The molecule has 9 heteroatoms. The van der Waals surface area contributed by atoms with E-state index in [2.05, 4.69) is 4.90 Å². The maximum atomic E-state index is 14.6. The molecule has 0 aromatic heterocycles. The summed E-state index contributed by atoms with van der Waals surface area (Å²) in [6.07, 6.45) is 3.19. The number of benzene rings is 2. The van der Waals surface area contributed by atoms with E-state index >= 15 is 0 Å². The zero-order valence-electron chi connectivity index (χ0n) is 18.6. The van der Waals surface area contributed by atoms with Gasteiger partial charge in [0.15, 0.2) is 5.78 Å². The van der Waals surface area contributed by atoms with Crippen LogP contribution in [0.1, 0.15) is 46.9 Å². The molecule has 4 rings (SSSR count). The molecule has 0 spiro atoms. The van der Waals surface area contributed by atoms with Gasteiger partial charge >= 0.3 is 0 Å². The largest absolute Gasteiger partial charge is 0.371 e. The molecule has 0 radical (unpaired) electrons. The number of anilines is 2. The normalized spacial score (nSPS) is 16.6. The number of nitrogens with zero attached hydrogens (tertiary/aromatic N) is 4. The molecule has 0 atom stereocenters. The monoisotopic (exact) mass is 454 g/mol. The number of piperidine rings is 1. The number of hydrogen-bond acceptors (Lipinski definition) is 6. The molecule has 2 aromatic carbocycles. The van der Waals surface area contributed by atoms with E-state index < -0.39 is 10.7 Å². The van der Waals surface area contributed by atoms with Gasteiger partial charge in [-0.15, -0.1) is 0 Å². The summed E-state index contributed by atoms with van der Waals surface area (Å²) in [4.78, 5) is 41.4. The van der Waals surface area contributed by atoms with Crippen LogP contribution >= 0.6 is 0 Å². The second-order valence-electron chi connectivity index (χ2n) is 8.51. The van der Waals surface area contributed by atoms with Gasteiger partial charge in [0.2, 0.25) is 0 Å². The minimum absolute atomic E-state index is 0.106. The summed E-state index contributed by atoms with van der Waals surface area (Å²) in [6, 6.07) is 8.94. The van der Waals surface area contributed by atoms with E-state index in [9.17, 15) is 24.1 Å². The molecule has 2 heterocycles. The molecule has 2 aliphatic rings. The van der Waals surface area contributed by atoms with Gasteiger partial charge in [-0.2, -0.15) is 0 Å². The van der Waals surface area contributed by atoms with Gasteiger partial charge in [-0.1, -0.05) is 0 Å². The Balaban J connectivity index is 1.52. The number of non-ortho nitro benzene ring substituents is 1. The summed E-state index contributed by atoms with van der Waals surface area (Å²) in [7, 11) is 0. The molecule has 0 N–H and O–H groups in total. The summed E-state index contributed by atoms with van der Waals surface area (Å²) in [5, 5.41) is 11.3. The number of Topliss-reactive ketones (excluding diaryl/α,β-unsaturated/α-hetero) is 1. The van der Waals surface area contributed by atoms with E-state index in [1.807, 2.05) is 4.90 Å². The van der Waals surface area contributed by atoms with Crippen LogP contribution in [0.4, 0.5) is 21.5 Å². The van der Waals surface area contributed by atoms with Gasteiger partial charge in [0.25, 0.3) is 11.6 Å². The fraction of sp³-hybridized carbons (Fsp3) is 0.417. The Morgan fingerprint density at radius 2 is 1.52 bits per heavy atom. The molecule has 174 valence electrons. The first-order chi connectivity index (χ1) is 15.8. The van der Waals surface area contributed by atoms with Crippen molar-refractivity contribution in [2.24, 2.45) is 0 Å². The lowest BCUT2D eigenvalue weighted by Crippen LogP contribution is -2.49. The Hall–Kier alpha value is -3.49. The van der Waals surface area contributed by atoms with Crippen molar-refractivity contribution in [2.75, 3.05) is 49.1 Å². The highest BCUT2D eigenvalue weighted by atomic mass is 19.1. The van der Waals surface area contributed by atoms with E-state index in [0.29, 0.717) is 43.0 Å². The van der Waals surface area contributed by atoms with E-state index in [4.69, 9.17) is 0 Å². The number of ketones is 1. The Kier molecular flexibility index (Phi) is 6.57. The van der Waals surface area contributed by atoms with Crippen LogP contribution in [0.3, 0.4) is 0 Å². The third-order valence-corrected chi connectivity index (χ3v) is 6.38. The summed E-state index contributed by atoms with van der Waals surface area (Å²) in [5.74, 6) is -0.905. The molecular weight excluding hydrogens is 427 g/mol. The quantitative estimate of drug-likeness (QED) is 0.387. The maximum absolute atomic E-state index is 14.6. The van der Waals surface area contributed by atoms with Crippen LogP contribution in [0, 0.1) is 15.9 Å². The minimum atomic E-state index is -0.484. The second-order valence-corrected chi connectivity index (χ2v) is 8.51. The average Bonchev–Trinajstić information content (AvgIpc) is 2.83. The molecule has 33 heavy (non-hydrogen) atoms. The number of carbonyl (C=O) groups is 2. The highest BCUT2D eigenvalue weighted by Crippen LogP contribution is 2.30. The van der Waals surface area contributed by atoms with E-state index in [1.165, 1.54) is 25.1 Å². The molecule has 0 aliphatic carbocycles. The Morgan fingerprint density at radius 3 is 2.12 bits per heavy atom. The van der Waals surface area contributed by atoms with Crippen LogP contribution in [-0.2, 0) is 0 Å². The van der Waals surface area contributed by atoms with Crippen LogP contribution in [0.2, 0.25) is 0 Å². The fourth-order valence-electron chi connectivity index (χ4n) is 4.52. The number of nitro groups is 1. The molecule has 0 unspecified atom stereocenters. The summed E-state index contributed by atoms with van der Waals surface area (Å²) < 4.78 is 14.6. The summed E-state index contributed by atoms with van der Waals surface area (Å²) in [6.45, 7) is 4.63. The first-order valence-corrected chi connectivity index (χ1v) is 11.2. The highest BCUT2D eigenvalue weighted by molar-refractivity contribution is 6.00. The minimum Gasteiger partial charge on any atom is -0.371 e. The zero-order valence-corrected chi connectivity index (χ0v) is 18.6. The molecule has 2 fully saturated rings. The number of piperazine rings is 1. The summed E-state index contributed by atoms with van der Waals surface area (Å²) >= 11 is 0. The van der Waals surface area contributed by atoms with Crippen molar-refractivity contribution in [2.45, 2.75) is 26.2 Å². The molecular formula is C24H27FN4O4. The summed E-state index contributed by atoms with van der Waals surface area (Å²) in [5.41, 5.74) is 1.69. The molecule has 2 aliphatic heterocycles. The lowest BCUT2D eigenvalue weighted by atomic mass is 10.0. The van der Waals surface area contributed by atoms with Crippen molar-refractivity contribution in [3.63, 3.8) is 0 Å². The predicted molar refractivity (Wildman–Crippen MR) is 124 cm³/mol. The van der Waals surface area contributed by atoms with Gasteiger partial charge in [-0.3, -0.25) is 19.7 Å². The number of hydrogen-bond donors (Lipinski definition) is 0. The third kappa shape index (κ3) is 4.81. The van der Waals surface area contributed by atoms with Gasteiger partial charge in [0.1, 0.15) is 5.82 Å². The van der Waals surface area contributed by atoms with Crippen LogP contribution in [0.5, 0.6) is 0 Å². The Bertz CT molecular complexity index is 1080. The van der Waals surface area contributed by atoms with Crippen molar-refractivity contribution in [1.82, 2.24) is 4.90 Å². The number of halogens is 1. The molecule has 2 aromatic rings. The van der Waals surface area contributed by atoms with Crippen LogP contribution in [0.15, 0.2) is 36.4 Å². The number of nitro benzene ring substituents is 1. The molecule has 0 bridgehead atoms. The highest BCUT2D eigenvalue weighted by Gasteiger charge is 2.28. The maximum Gasteiger partial charge on any atom is 0.270 e. The van der Waals surface area contributed by atoms with E-state index in [1.54, 1.807) is 23.1 Å². The average molecular weight is 455 g/mol. The van der Waals surface area contributed by atoms with Crippen molar-refractivity contribution < 1.29 is 18.9 Å². The SMILES string of the molecule is CC(=O)c1ccc(N2CCN(C(=O)c3cc([N+](=O)[O-])ccc3N3CCCCC3)CC2)c(F)c1. The van der Waals surface area contributed by atoms with Crippen LogP contribution in [0.25, 0.3) is 0 Å². The fourth-order valence-corrected chi connectivity index (χ4v) is 4.52. The van der Waals surface area contributed by atoms with Gasteiger partial charge in [-0.25, -0.2) is 4.39 Å². The van der Waals surface area contributed by atoms with Gasteiger partial charge in [-0.05, 0) is 50.5 Å². The number of carbonyl (C=O) groups excluding carboxylic acids is 2. The predicted octanol–water partition coefficient (Wildman–Crippen LogP) is 3.89. The lowest BCUT2D eigenvalue weighted by molar-refractivity contribution is -0.384. The van der Waals surface area contributed by atoms with E-state index in [0.717, 1.165) is 38.0 Å². The van der Waals surface area contributed by atoms with Gasteiger partial charge in [0.05, 0.1) is 21.9 Å². The van der Waals surface area contributed by atoms with Gasteiger partial charge < -0.3 is 14.7 Å². The second kappa shape index (κ2) is 9.56. The Labute approximate surface area is 191 Å². The van der Waals surface area contributed by atoms with Crippen molar-refractivity contribution in [3.8, 4) is 0 Å². The first kappa shape index (κ1) is 22.7. The smallest absolute Gasteiger partial charge is 0.270 e. The molecule has 0 saturated carbocycles. The molecule has 1 amide bonds. The zero-order chi connectivity index (χ0) is 23.5. The first-order valence-electron chi connectivity index (χ1n) is 11.2. The van der Waals surface area contributed by atoms with E-state index in [-0.39, 0.29) is 17.4 Å². The molecule has 2 saturated heterocycles. The third-order valence-electron chi connectivity index (χ3n) is 6.38. The van der Waals surface area contributed by atoms with Gasteiger partial charge in [0, 0.05) is 57.0 Å². The number of rotatable bonds is 5. The lowest BCUT2D eigenvalue weighted by Gasteiger charge is -2.37. The topological polar surface area (TPSA) is 87.0 Å². The van der Waals surface area contributed by atoms with Crippen molar-refractivity contribution >= 4 is 28.8 Å². The van der Waals surface area contributed by atoms with Crippen LogP contribution < -0.4 is 9.80 Å². The van der Waals surface area contributed by atoms with Crippen LogP contribution in [-0.4, -0.2) is 60.8 Å². The Morgan fingerprint density at radius 1 is 0.879 bits per heavy atom. The number of amides is 1. The van der Waals surface area contributed by atoms with Crippen molar-refractivity contribution in [1.29, 1.82) is 0 Å². The van der Waals surface area contributed by atoms with Crippen molar-refractivity contribution in [3.05, 3.63) is 63.5 Å². The molecule has 8 nitrogen and oxygen atoms in total.